The predicted molar refractivity (Wildman–Crippen MR) is 50.9 cm³/mol. The molecule has 0 amide bonds. The molecule has 2 rings (SSSR count). The largest absolute Gasteiger partial charge is 0.399 e. The number of nitrogens with zero attached hydrogens (tertiary/aromatic N) is 1. The Labute approximate surface area is 71.0 Å². The van der Waals surface area contributed by atoms with Crippen LogP contribution in [0, 0.1) is 6.92 Å². The zero-order valence-electron chi connectivity index (χ0n) is 6.91. The maximum Gasteiger partial charge on any atom is 0.0725 e. The van der Waals surface area contributed by atoms with Crippen molar-refractivity contribution in [3.63, 3.8) is 0 Å². The van der Waals surface area contributed by atoms with Gasteiger partial charge in [-0.05, 0) is 25.1 Å². The molecule has 0 saturated carbocycles. The van der Waals surface area contributed by atoms with Crippen molar-refractivity contribution < 1.29 is 0 Å². The molecule has 1 aromatic heterocycles. The molecule has 0 fully saturated rings. The molecule has 1 aromatic carbocycles. The van der Waals surface area contributed by atoms with Crippen LogP contribution in [-0.2, 0) is 0 Å². The van der Waals surface area contributed by atoms with E-state index in [1.807, 2.05) is 31.2 Å². The summed E-state index contributed by atoms with van der Waals surface area (Å²) in [6, 6.07) is 9.81. The maximum absolute atomic E-state index is 5.63. The number of aromatic nitrogens is 1. The third-order valence-corrected chi connectivity index (χ3v) is 1.86. The highest BCUT2D eigenvalue weighted by molar-refractivity contribution is 5.81. The first-order valence-electron chi connectivity index (χ1n) is 3.88. The normalized spacial score (nSPS) is 10.4. The van der Waals surface area contributed by atoms with Crippen molar-refractivity contribution in [2.24, 2.45) is 0 Å². The Bertz CT molecular complexity index is 384. The second-order valence-corrected chi connectivity index (χ2v) is 2.90. The van der Waals surface area contributed by atoms with Gasteiger partial charge in [0.25, 0.3) is 0 Å². The zero-order chi connectivity index (χ0) is 8.55. The lowest BCUT2D eigenvalue weighted by Gasteiger charge is -1.99. The van der Waals surface area contributed by atoms with E-state index >= 15 is 0 Å². The molecule has 2 aromatic rings. The smallest absolute Gasteiger partial charge is 0.0725 e. The Kier molecular flexibility index (Phi) is 1.47. The maximum atomic E-state index is 5.63. The van der Waals surface area contributed by atoms with Crippen molar-refractivity contribution in [1.82, 2.24) is 4.98 Å². The fourth-order valence-electron chi connectivity index (χ4n) is 1.24. The third-order valence-electron chi connectivity index (χ3n) is 1.86. The summed E-state index contributed by atoms with van der Waals surface area (Å²) < 4.78 is 0. The number of pyridine rings is 1. The molecule has 0 radical (unpaired) electrons. The number of hydrogen-bond donors (Lipinski definition) is 1. The summed E-state index contributed by atoms with van der Waals surface area (Å²) in [6.07, 6.45) is 0. The molecular weight excluding hydrogens is 148 g/mol. The fraction of sp³-hybridized carbons (Fsp3) is 0.100. The Balaban J connectivity index is 2.80. The van der Waals surface area contributed by atoms with Gasteiger partial charge in [-0.3, -0.25) is 4.98 Å². The highest BCUT2D eigenvalue weighted by Crippen LogP contribution is 2.15. The van der Waals surface area contributed by atoms with Gasteiger partial charge in [0, 0.05) is 16.8 Å². The predicted octanol–water partition coefficient (Wildman–Crippen LogP) is 2.13. The van der Waals surface area contributed by atoms with Gasteiger partial charge in [-0.25, -0.2) is 0 Å². The van der Waals surface area contributed by atoms with Crippen LogP contribution >= 0.6 is 0 Å². The standard InChI is InChI=1S/C10H10N2/c1-7-2-3-8-4-5-9(11)6-10(8)12-7/h2-6H,11H2,1H3. The third kappa shape index (κ3) is 1.11. The average Bonchev–Trinajstić information content (AvgIpc) is 2.03. The SMILES string of the molecule is Cc1ccc2ccc(N)cc2n1. The summed E-state index contributed by atoms with van der Waals surface area (Å²) in [5, 5.41) is 1.13. The molecule has 0 aliphatic carbocycles. The van der Waals surface area contributed by atoms with Crippen LogP contribution in [0.2, 0.25) is 0 Å². The number of fused-ring (bicyclic) bond motifs is 1. The molecule has 2 nitrogen and oxygen atoms in total. The number of hydrogen-bond acceptors (Lipinski definition) is 2. The number of benzene rings is 1. The molecule has 0 unspecified atom stereocenters. The molecule has 0 aliphatic heterocycles. The molecule has 0 bridgehead atoms. The Morgan fingerprint density at radius 2 is 1.92 bits per heavy atom. The summed E-state index contributed by atoms with van der Waals surface area (Å²) in [5.74, 6) is 0. The van der Waals surface area contributed by atoms with Gasteiger partial charge >= 0.3 is 0 Å². The Morgan fingerprint density at radius 1 is 1.17 bits per heavy atom. The van der Waals surface area contributed by atoms with E-state index in [1.165, 1.54) is 0 Å². The monoisotopic (exact) mass is 158 g/mol. The number of rotatable bonds is 0. The van der Waals surface area contributed by atoms with Gasteiger partial charge < -0.3 is 5.73 Å². The lowest BCUT2D eigenvalue weighted by molar-refractivity contribution is 1.26. The van der Waals surface area contributed by atoms with Crippen LogP contribution in [0.1, 0.15) is 5.69 Å². The van der Waals surface area contributed by atoms with Gasteiger partial charge in [0.1, 0.15) is 0 Å². The quantitative estimate of drug-likeness (QED) is 0.596. The van der Waals surface area contributed by atoms with Crippen molar-refractivity contribution in [3.05, 3.63) is 36.0 Å². The van der Waals surface area contributed by atoms with Crippen LogP contribution < -0.4 is 5.73 Å². The van der Waals surface area contributed by atoms with E-state index in [0.717, 1.165) is 22.3 Å². The van der Waals surface area contributed by atoms with Gasteiger partial charge in [0.2, 0.25) is 0 Å². The van der Waals surface area contributed by atoms with Gasteiger partial charge in [0.05, 0.1) is 5.52 Å². The summed E-state index contributed by atoms with van der Waals surface area (Å²) in [4.78, 5) is 4.36. The molecule has 1 heterocycles. The van der Waals surface area contributed by atoms with Crippen molar-refractivity contribution in [2.75, 3.05) is 5.73 Å². The van der Waals surface area contributed by atoms with Crippen molar-refractivity contribution in [1.29, 1.82) is 0 Å². The van der Waals surface area contributed by atoms with Crippen LogP contribution in [0.15, 0.2) is 30.3 Å². The summed E-state index contributed by atoms with van der Waals surface area (Å²) >= 11 is 0. The van der Waals surface area contributed by atoms with Crippen molar-refractivity contribution in [3.8, 4) is 0 Å². The summed E-state index contributed by atoms with van der Waals surface area (Å²) in [7, 11) is 0. The van der Waals surface area contributed by atoms with E-state index in [2.05, 4.69) is 11.1 Å². The van der Waals surface area contributed by atoms with Crippen LogP contribution in [0.3, 0.4) is 0 Å². The first-order valence-corrected chi connectivity index (χ1v) is 3.88. The topological polar surface area (TPSA) is 38.9 Å². The van der Waals surface area contributed by atoms with Crippen molar-refractivity contribution in [2.45, 2.75) is 6.92 Å². The van der Waals surface area contributed by atoms with Gasteiger partial charge in [-0.2, -0.15) is 0 Å². The second-order valence-electron chi connectivity index (χ2n) is 2.90. The zero-order valence-corrected chi connectivity index (χ0v) is 6.91. The number of aryl methyl sites for hydroxylation is 1. The lowest BCUT2D eigenvalue weighted by Crippen LogP contribution is -1.86. The Hall–Kier alpha value is -1.57. The first-order chi connectivity index (χ1) is 5.75. The summed E-state index contributed by atoms with van der Waals surface area (Å²) in [5.41, 5.74) is 8.39. The minimum Gasteiger partial charge on any atom is -0.399 e. The molecule has 0 aliphatic rings. The van der Waals surface area contributed by atoms with Crippen LogP contribution in [0.4, 0.5) is 5.69 Å². The number of nitrogens with two attached hydrogens (primary N) is 1. The highest BCUT2D eigenvalue weighted by atomic mass is 14.7. The lowest BCUT2D eigenvalue weighted by atomic mass is 10.2. The Morgan fingerprint density at radius 3 is 2.75 bits per heavy atom. The molecule has 60 valence electrons. The van der Waals surface area contributed by atoms with Crippen LogP contribution in [0.25, 0.3) is 10.9 Å². The molecule has 2 heteroatoms. The van der Waals surface area contributed by atoms with Crippen LogP contribution in [-0.4, -0.2) is 4.98 Å². The molecule has 0 atom stereocenters. The minimum atomic E-state index is 0.764. The second kappa shape index (κ2) is 2.48. The van der Waals surface area contributed by atoms with Gasteiger partial charge in [0.15, 0.2) is 0 Å². The van der Waals surface area contributed by atoms with E-state index in [1.54, 1.807) is 0 Å². The van der Waals surface area contributed by atoms with E-state index in [-0.39, 0.29) is 0 Å². The molecule has 12 heavy (non-hydrogen) atoms. The molecule has 0 saturated heterocycles. The van der Waals surface area contributed by atoms with E-state index in [9.17, 15) is 0 Å². The number of anilines is 1. The average molecular weight is 158 g/mol. The van der Waals surface area contributed by atoms with Crippen LogP contribution in [0.5, 0.6) is 0 Å². The highest BCUT2D eigenvalue weighted by Gasteiger charge is 1.94. The first kappa shape index (κ1) is 7.10. The summed E-state index contributed by atoms with van der Waals surface area (Å²) in [6.45, 7) is 1.97. The minimum absolute atomic E-state index is 0.764. The van der Waals surface area contributed by atoms with E-state index < -0.39 is 0 Å². The van der Waals surface area contributed by atoms with E-state index in [4.69, 9.17) is 5.73 Å². The van der Waals surface area contributed by atoms with Crippen molar-refractivity contribution >= 4 is 16.6 Å². The van der Waals surface area contributed by atoms with Gasteiger partial charge in [-0.15, -0.1) is 0 Å². The molecule has 0 spiro atoms. The molecular formula is C10H10N2. The van der Waals surface area contributed by atoms with E-state index in [0.29, 0.717) is 0 Å². The molecule has 2 N–H and O–H groups in total. The van der Waals surface area contributed by atoms with Gasteiger partial charge in [-0.1, -0.05) is 12.1 Å². The fourth-order valence-corrected chi connectivity index (χ4v) is 1.24. The number of nitrogen functional groups attached to an aromatic ring is 1.